The van der Waals surface area contributed by atoms with E-state index in [1.54, 1.807) is 38.0 Å². The standard InChI is InChI=1S/C26H28FN3O5/c1-17(2)32-26(31)35-30-13-11-21(12-14-30)33-24-18(3)25(29-16-28-24)34-23-10-9-20(15-22(23)27)19-7-5-4-6-8-19/h4-10,15-17,21H,11-14H2,1-3H3. The number of hydrogen-bond acceptors (Lipinski definition) is 8. The van der Waals surface area contributed by atoms with E-state index in [9.17, 15) is 9.18 Å². The smallest absolute Gasteiger partial charge is 0.474 e. The number of halogens is 1. The molecule has 35 heavy (non-hydrogen) atoms. The fourth-order valence-corrected chi connectivity index (χ4v) is 3.66. The van der Waals surface area contributed by atoms with Crippen LogP contribution in [-0.4, -0.2) is 46.5 Å². The molecular weight excluding hydrogens is 453 g/mol. The molecule has 1 fully saturated rings. The van der Waals surface area contributed by atoms with Gasteiger partial charge >= 0.3 is 6.16 Å². The minimum Gasteiger partial charge on any atom is -0.474 e. The Hall–Kier alpha value is -3.72. The van der Waals surface area contributed by atoms with Crippen molar-refractivity contribution >= 4 is 6.16 Å². The molecule has 0 unspecified atom stereocenters. The number of aromatic nitrogens is 2. The Morgan fingerprint density at radius 2 is 1.74 bits per heavy atom. The van der Waals surface area contributed by atoms with Crippen LogP contribution in [0.25, 0.3) is 11.1 Å². The van der Waals surface area contributed by atoms with Gasteiger partial charge in [0.25, 0.3) is 0 Å². The van der Waals surface area contributed by atoms with Crippen molar-refractivity contribution in [3.63, 3.8) is 0 Å². The molecule has 0 saturated carbocycles. The van der Waals surface area contributed by atoms with Gasteiger partial charge in [-0.15, -0.1) is 5.06 Å². The van der Waals surface area contributed by atoms with Gasteiger partial charge in [0.05, 0.1) is 11.7 Å². The number of benzene rings is 2. The summed E-state index contributed by atoms with van der Waals surface area (Å²) in [6, 6.07) is 14.4. The number of carbonyl (C=O) groups is 1. The van der Waals surface area contributed by atoms with Gasteiger partial charge in [0.15, 0.2) is 11.6 Å². The lowest BCUT2D eigenvalue weighted by Gasteiger charge is -2.30. The zero-order valence-electron chi connectivity index (χ0n) is 19.9. The number of nitrogens with zero attached hydrogens (tertiary/aromatic N) is 3. The Morgan fingerprint density at radius 3 is 2.43 bits per heavy atom. The molecule has 1 saturated heterocycles. The normalized spacial score (nSPS) is 14.5. The van der Waals surface area contributed by atoms with Gasteiger partial charge in [-0.1, -0.05) is 36.4 Å². The first kappa shape index (κ1) is 24.4. The average molecular weight is 482 g/mol. The lowest BCUT2D eigenvalue weighted by molar-refractivity contribution is -0.151. The van der Waals surface area contributed by atoms with Crippen molar-refractivity contribution in [3.05, 3.63) is 66.2 Å². The lowest BCUT2D eigenvalue weighted by Crippen LogP contribution is -2.40. The summed E-state index contributed by atoms with van der Waals surface area (Å²) in [4.78, 5) is 25.2. The molecule has 0 amide bonds. The van der Waals surface area contributed by atoms with Crippen LogP contribution in [0.1, 0.15) is 32.3 Å². The number of hydroxylamine groups is 2. The highest BCUT2D eigenvalue weighted by Gasteiger charge is 2.25. The maximum Gasteiger partial charge on any atom is 0.528 e. The van der Waals surface area contributed by atoms with Crippen LogP contribution in [0.15, 0.2) is 54.9 Å². The molecule has 1 aromatic heterocycles. The first-order chi connectivity index (χ1) is 16.9. The fraction of sp³-hybridized carbons (Fsp3) is 0.346. The largest absolute Gasteiger partial charge is 0.528 e. The maximum absolute atomic E-state index is 14.8. The van der Waals surface area contributed by atoms with Crippen molar-refractivity contribution in [2.24, 2.45) is 0 Å². The predicted molar refractivity (Wildman–Crippen MR) is 127 cm³/mol. The number of piperidine rings is 1. The SMILES string of the molecule is Cc1c(Oc2ccc(-c3ccccc3)cc2F)ncnc1OC1CCN(OC(=O)OC(C)C)CC1. The first-order valence-corrected chi connectivity index (χ1v) is 11.5. The molecule has 2 aromatic carbocycles. The van der Waals surface area contributed by atoms with Crippen LogP contribution < -0.4 is 9.47 Å². The Kier molecular flexibility index (Phi) is 7.77. The van der Waals surface area contributed by atoms with Gasteiger partial charge in [0, 0.05) is 25.9 Å². The van der Waals surface area contributed by atoms with Crippen molar-refractivity contribution in [1.29, 1.82) is 0 Å². The molecule has 3 aromatic rings. The van der Waals surface area contributed by atoms with Crippen LogP contribution in [0, 0.1) is 12.7 Å². The van der Waals surface area contributed by atoms with Gasteiger partial charge in [-0.25, -0.2) is 19.2 Å². The van der Waals surface area contributed by atoms with Gasteiger partial charge < -0.3 is 19.0 Å². The summed E-state index contributed by atoms with van der Waals surface area (Å²) in [6.07, 6.45) is 1.51. The third kappa shape index (κ3) is 6.45. The van der Waals surface area contributed by atoms with E-state index in [-0.39, 0.29) is 23.8 Å². The predicted octanol–water partition coefficient (Wildman–Crippen LogP) is 5.70. The molecule has 8 nitrogen and oxygen atoms in total. The van der Waals surface area contributed by atoms with Gasteiger partial charge in [0.1, 0.15) is 12.4 Å². The second kappa shape index (κ2) is 11.1. The van der Waals surface area contributed by atoms with Crippen LogP contribution >= 0.6 is 0 Å². The van der Waals surface area contributed by atoms with Crippen LogP contribution in [0.3, 0.4) is 0 Å². The summed E-state index contributed by atoms with van der Waals surface area (Å²) in [5, 5.41) is 1.56. The van der Waals surface area contributed by atoms with E-state index in [1.165, 1.54) is 12.4 Å². The summed E-state index contributed by atoms with van der Waals surface area (Å²) >= 11 is 0. The topological polar surface area (TPSA) is 83.0 Å². The van der Waals surface area contributed by atoms with Crippen molar-refractivity contribution in [2.75, 3.05) is 13.1 Å². The van der Waals surface area contributed by atoms with E-state index >= 15 is 0 Å². The van der Waals surface area contributed by atoms with Crippen molar-refractivity contribution < 1.29 is 28.2 Å². The molecule has 9 heteroatoms. The molecule has 184 valence electrons. The van der Waals surface area contributed by atoms with Crippen molar-refractivity contribution in [2.45, 2.75) is 45.8 Å². The molecule has 0 bridgehead atoms. The summed E-state index contributed by atoms with van der Waals surface area (Å²) in [5.41, 5.74) is 2.24. The van der Waals surface area contributed by atoms with E-state index in [0.29, 0.717) is 37.4 Å². The number of ether oxygens (including phenoxy) is 3. The van der Waals surface area contributed by atoms with Crippen molar-refractivity contribution in [1.82, 2.24) is 15.0 Å². The van der Waals surface area contributed by atoms with E-state index in [0.717, 1.165) is 11.1 Å². The molecule has 0 aliphatic carbocycles. The van der Waals surface area contributed by atoms with Gasteiger partial charge in [-0.2, -0.15) is 0 Å². The third-order valence-electron chi connectivity index (χ3n) is 5.45. The lowest BCUT2D eigenvalue weighted by atomic mass is 10.1. The summed E-state index contributed by atoms with van der Waals surface area (Å²) in [7, 11) is 0. The molecular formula is C26H28FN3O5. The second-order valence-corrected chi connectivity index (χ2v) is 8.48. The highest BCUT2D eigenvalue weighted by atomic mass is 19.1. The van der Waals surface area contributed by atoms with Crippen LogP contribution in [0.5, 0.6) is 17.5 Å². The second-order valence-electron chi connectivity index (χ2n) is 8.48. The van der Waals surface area contributed by atoms with Crippen molar-refractivity contribution in [3.8, 4) is 28.6 Å². The van der Waals surface area contributed by atoms with Gasteiger partial charge in [0.2, 0.25) is 11.8 Å². The zero-order chi connectivity index (χ0) is 24.8. The number of carbonyl (C=O) groups excluding carboxylic acids is 1. The molecule has 0 spiro atoms. The minimum atomic E-state index is -0.711. The number of hydrogen-bond donors (Lipinski definition) is 0. The molecule has 4 rings (SSSR count). The minimum absolute atomic E-state index is 0.0659. The van der Waals surface area contributed by atoms with Crippen LogP contribution in [0.4, 0.5) is 9.18 Å². The molecule has 0 atom stereocenters. The van der Waals surface area contributed by atoms with E-state index in [1.807, 2.05) is 30.3 Å². The Labute approximate surface area is 203 Å². The van der Waals surface area contributed by atoms with Crippen LogP contribution in [-0.2, 0) is 9.57 Å². The van der Waals surface area contributed by atoms with Crippen LogP contribution in [0.2, 0.25) is 0 Å². The first-order valence-electron chi connectivity index (χ1n) is 11.5. The molecule has 0 radical (unpaired) electrons. The van der Waals surface area contributed by atoms with Gasteiger partial charge in [-0.05, 0) is 44.0 Å². The molecule has 1 aliphatic heterocycles. The van der Waals surface area contributed by atoms with E-state index in [2.05, 4.69) is 9.97 Å². The highest BCUT2D eigenvalue weighted by Crippen LogP contribution is 2.32. The molecule has 2 heterocycles. The van der Waals surface area contributed by atoms with E-state index in [4.69, 9.17) is 19.0 Å². The molecule has 1 aliphatic rings. The zero-order valence-corrected chi connectivity index (χ0v) is 19.9. The highest BCUT2D eigenvalue weighted by molar-refractivity contribution is 5.64. The summed E-state index contributed by atoms with van der Waals surface area (Å²) in [6.45, 7) is 6.30. The quantitative estimate of drug-likeness (QED) is 0.397. The fourth-order valence-electron chi connectivity index (χ4n) is 3.66. The Morgan fingerprint density at radius 1 is 1.03 bits per heavy atom. The Balaban J connectivity index is 1.37. The third-order valence-corrected chi connectivity index (χ3v) is 5.45. The molecule has 0 N–H and O–H groups in total. The van der Waals surface area contributed by atoms with Gasteiger partial charge in [-0.3, -0.25) is 0 Å². The van der Waals surface area contributed by atoms with E-state index < -0.39 is 12.0 Å². The summed E-state index contributed by atoms with van der Waals surface area (Å²) < 4.78 is 31.6. The Bertz CT molecular complexity index is 1150. The average Bonchev–Trinajstić information content (AvgIpc) is 2.84. The maximum atomic E-state index is 14.8. The number of rotatable bonds is 7. The summed E-state index contributed by atoms with van der Waals surface area (Å²) in [5.74, 6) is 0.167. The monoisotopic (exact) mass is 481 g/mol.